The Labute approximate surface area is 156 Å². The molecule has 4 aromatic rings. The molecule has 4 rings (SSSR count). The quantitative estimate of drug-likeness (QED) is 0.481. The summed E-state index contributed by atoms with van der Waals surface area (Å²) in [6, 6.07) is 13.2. The molecule has 0 N–H and O–H groups in total. The molecule has 0 bridgehead atoms. The third-order valence-corrected chi connectivity index (χ3v) is 4.62. The summed E-state index contributed by atoms with van der Waals surface area (Å²) in [6.45, 7) is 0. The van der Waals surface area contributed by atoms with Gasteiger partial charge in [0.25, 0.3) is 0 Å². The SMILES string of the molecule is Fc1cccc(-n2nnnc2SCc2nnc(-c3ccccc3Cl)o2)c1. The first-order chi connectivity index (χ1) is 12.7. The number of hydrogen-bond acceptors (Lipinski definition) is 7. The van der Waals surface area contributed by atoms with Crippen LogP contribution in [0.1, 0.15) is 5.89 Å². The minimum absolute atomic E-state index is 0.343. The summed E-state index contributed by atoms with van der Waals surface area (Å²) < 4.78 is 20.5. The van der Waals surface area contributed by atoms with Gasteiger partial charge in [0.05, 0.1) is 22.0 Å². The summed E-state index contributed by atoms with van der Waals surface area (Å²) in [7, 11) is 0. The van der Waals surface area contributed by atoms with Crippen LogP contribution in [0.2, 0.25) is 5.02 Å². The van der Waals surface area contributed by atoms with Gasteiger partial charge >= 0.3 is 0 Å². The highest BCUT2D eigenvalue weighted by molar-refractivity contribution is 7.98. The van der Waals surface area contributed by atoms with Crippen LogP contribution in [0.5, 0.6) is 0 Å². The van der Waals surface area contributed by atoms with Crippen molar-refractivity contribution in [2.24, 2.45) is 0 Å². The van der Waals surface area contributed by atoms with Gasteiger partial charge in [0.15, 0.2) is 0 Å². The van der Waals surface area contributed by atoms with Crippen LogP contribution in [0.15, 0.2) is 58.1 Å². The minimum atomic E-state index is -0.366. The van der Waals surface area contributed by atoms with Gasteiger partial charge in [0.2, 0.25) is 16.9 Å². The maximum Gasteiger partial charge on any atom is 0.249 e. The fourth-order valence-electron chi connectivity index (χ4n) is 2.22. The molecule has 0 amide bonds. The molecule has 2 heterocycles. The number of rotatable bonds is 5. The maximum absolute atomic E-state index is 13.4. The van der Waals surface area contributed by atoms with Crippen LogP contribution in [0.4, 0.5) is 4.39 Å². The fraction of sp³-hybridized carbons (Fsp3) is 0.0625. The number of nitrogens with zero attached hydrogens (tertiary/aromatic N) is 6. The van der Waals surface area contributed by atoms with Crippen LogP contribution < -0.4 is 0 Å². The van der Waals surface area contributed by atoms with Crippen molar-refractivity contribution in [3.05, 3.63) is 65.3 Å². The fourth-order valence-corrected chi connectivity index (χ4v) is 3.16. The van der Waals surface area contributed by atoms with E-state index in [1.54, 1.807) is 24.3 Å². The van der Waals surface area contributed by atoms with Crippen LogP contribution in [-0.4, -0.2) is 30.4 Å². The molecule has 26 heavy (non-hydrogen) atoms. The van der Waals surface area contributed by atoms with Crippen LogP contribution in [0.3, 0.4) is 0 Å². The molecule has 0 aliphatic carbocycles. The van der Waals surface area contributed by atoms with E-state index in [1.165, 1.54) is 28.6 Å². The molecule has 7 nitrogen and oxygen atoms in total. The summed E-state index contributed by atoms with van der Waals surface area (Å²) in [5.41, 5.74) is 1.20. The van der Waals surface area contributed by atoms with Crippen molar-refractivity contribution in [1.82, 2.24) is 30.4 Å². The first-order valence-corrected chi connectivity index (χ1v) is 8.81. The topological polar surface area (TPSA) is 82.5 Å². The lowest BCUT2D eigenvalue weighted by molar-refractivity contribution is 0.528. The van der Waals surface area contributed by atoms with Crippen LogP contribution in [-0.2, 0) is 5.75 Å². The van der Waals surface area contributed by atoms with Gasteiger partial charge in [-0.05, 0) is 40.8 Å². The van der Waals surface area contributed by atoms with E-state index in [1.807, 2.05) is 12.1 Å². The number of thioether (sulfide) groups is 1. The van der Waals surface area contributed by atoms with Crippen molar-refractivity contribution in [1.29, 1.82) is 0 Å². The van der Waals surface area contributed by atoms with Gasteiger partial charge in [-0.25, -0.2) is 4.39 Å². The molecule has 2 aromatic carbocycles. The Morgan fingerprint density at radius 2 is 1.96 bits per heavy atom. The molecule has 2 aromatic heterocycles. The van der Waals surface area contributed by atoms with Crippen LogP contribution in [0.25, 0.3) is 17.1 Å². The number of hydrogen-bond donors (Lipinski definition) is 0. The van der Waals surface area contributed by atoms with Gasteiger partial charge in [-0.3, -0.25) is 0 Å². The summed E-state index contributed by atoms with van der Waals surface area (Å²) >= 11 is 7.43. The van der Waals surface area contributed by atoms with Crippen molar-refractivity contribution in [3.8, 4) is 17.1 Å². The highest BCUT2D eigenvalue weighted by Gasteiger charge is 2.14. The first kappa shape index (κ1) is 16.7. The summed E-state index contributed by atoms with van der Waals surface area (Å²) in [5, 5.41) is 20.5. The lowest BCUT2D eigenvalue weighted by Gasteiger charge is -2.03. The minimum Gasteiger partial charge on any atom is -0.420 e. The molecule has 0 fully saturated rings. The molecular formula is C16H10ClFN6OS. The largest absolute Gasteiger partial charge is 0.420 e. The predicted octanol–water partition coefficient (Wildman–Crippen LogP) is 3.80. The van der Waals surface area contributed by atoms with Gasteiger partial charge in [-0.2, -0.15) is 4.68 Å². The summed E-state index contributed by atoms with van der Waals surface area (Å²) in [5.74, 6) is 0.734. The standard InChI is InChI=1S/C16H10ClFN6OS/c17-13-7-2-1-6-12(13)15-20-19-14(25-15)9-26-16-21-22-23-24(16)11-5-3-4-10(18)8-11/h1-8H,9H2. The smallest absolute Gasteiger partial charge is 0.249 e. The molecule has 0 unspecified atom stereocenters. The lowest BCUT2D eigenvalue weighted by Crippen LogP contribution is -1.99. The molecule has 0 saturated heterocycles. The molecule has 0 aliphatic heterocycles. The Balaban J connectivity index is 1.51. The average Bonchev–Trinajstić information content (AvgIpc) is 3.30. The summed E-state index contributed by atoms with van der Waals surface area (Å²) in [4.78, 5) is 0. The second-order valence-electron chi connectivity index (χ2n) is 5.12. The zero-order valence-electron chi connectivity index (χ0n) is 13.1. The number of aromatic nitrogens is 6. The van der Waals surface area contributed by atoms with Crippen molar-refractivity contribution in [3.63, 3.8) is 0 Å². The van der Waals surface area contributed by atoms with Crippen molar-refractivity contribution >= 4 is 23.4 Å². The molecule has 0 saturated carbocycles. The first-order valence-electron chi connectivity index (χ1n) is 7.45. The lowest BCUT2D eigenvalue weighted by atomic mass is 10.2. The normalized spacial score (nSPS) is 11.0. The number of halogens is 2. The molecule has 0 atom stereocenters. The zero-order valence-corrected chi connectivity index (χ0v) is 14.7. The van der Waals surface area contributed by atoms with E-state index in [2.05, 4.69) is 25.7 Å². The highest BCUT2D eigenvalue weighted by atomic mass is 35.5. The number of benzene rings is 2. The molecular weight excluding hydrogens is 379 g/mol. The van der Waals surface area contributed by atoms with E-state index in [0.717, 1.165) is 0 Å². The van der Waals surface area contributed by atoms with E-state index in [0.29, 0.717) is 39.0 Å². The maximum atomic E-state index is 13.4. The second-order valence-corrected chi connectivity index (χ2v) is 6.47. The van der Waals surface area contributed by atoms with Crippen molar-refractivity contribution < 1.29 is 8.81 Å². The Morgan fingerprint density at radius 3 is 2.81 bits per heavy atom. The average molecular weight is 389 g/mol. The Hall–Kier alpha value is -2.78. The monoisotopic (exact) mass is 388 g/mol. The molecule has 0 spiro atoms. The molecule has 0 radical (unpaired) electrons. The Bertz CT molecular complexity index is 1050. The van der Waals surface area contributed by atoms with E-state index >= 15 is 0 Å². The van der Waals surface area contributed by atoms with Gasteiger partial charge in [-0.15, -0.1) is 15.3 Å². The van der Waals surface area contributed by atoms with Crippen molar-refractivity contribution in [2.45, 2.75) is 10.9 Å². The molecule has 130 valence electrons. The third kappa shape index (κ3) is 3.44. The second kappa shape index (κ2) is 7.22. The van der Waals surface area contributed by atoms with E-state index in [4.69, 9.17) is 16.0 Å². The predicted molar refractivity (Wildman–Crippen MR) is 93.4 cm³/mol. The van der Waals surface area contributed by atoms with Crippen LogP contribution >= 0.6 is 23.4 Å². The zero-order chi connectivity index (χ0) is 17.9. The molecule has 10 heteroatoms. The van der Waals surface area contributed by atoms with E-state index in [-0.39, 0.29) is 5.82 Å². The summed E-state index contributed by atoms with van der Waals surface area (Å²) in [6.07, 6.45) is 0. The number of tetrazole rings is 1. The van der Waals surface area contributed by atoms with E-state index in [9.17, 15) is 4.39 Å². The van der Waals surface area contributed by atoms with E-state index < -0.39 is 0 Å². The van der Waals surface area contributed by atoms with Gasteiger partial charge < -0.3 is 4.42 Å². The van der Waals surface area contributed by atoms with Gasteiger partial charge in [0.1, 0.15) is 5.82 Å². The highest BCUT2D eigenvalue weighted by Crippen LogP contribution is 2.28. The Kier molecular flexibility index (Phi) is 4.63. The van der Waals surface area contributed by atoms with Gasteiger partial charge in [0, 0.05) is 0 Å². The molecule has 0 aliphatic rings. The van der Waals surface area contributed by atoms with Gasteiger partial charge in [-0.1, -0.05) is 41.6 Å². The van der Waals surface area contributed by atoms with Crippen molar-refractivity contribution in [2.75, 3.05) is 0 Å². The third-order valence-electron chi connectivity index (χ3n) is 3.39. The van der Waals surface area contributed by atoms with Crippen LogP contribution in [0, 0.1) is 5.82 Å². The Morgan fingerprint density at radius 1 is 1.08 bits per heavy atom.